The van der Waals surface area contributed by atoms with Crippen molar-refractivity contribution in [2.24, 2.45) is 0 Å². The van der Waals surface area contributed by atoms with Crippen LogP contribution in [0.25, 0.3) is 0 Å². The lowest BCUT2D eigenvalue weighted by atomic mass is 10.1. The van der Waals surface area contributed by atoms with E-state index in [9.17, 15) is 4.79 Å². The van der Waals surface area contributed by atoms with Crippen LogP contribution < -0.4 is 0 Å². The van der Waals surface area contributed by atoms with E-state index in [1.807, 2.05) is 72.5 Å². The maximum Gasteiger partial charge on any atom is 0.252 e. The zero-order chi connectivity index (χ0) is 17.2. The Labute approximate surface area is 144 Å². The van der Waals surface area contributed by atoms with E-state index >= 15 is 0 Å². The van der Waals surface area contributed by atoms with Gasteiger partial charge < -0.3 is 14.4 Å². The smallest absolute Gasteiger partial charge is 0.252 e. The zero-order valence-corrected chi connectivity index (χ0v) is 14.4. The average molecular weight is 327 g/mol. The van der Waals surface area contributed by atoms with Crippen LogP contribution in [0.15, 0.2) is 60.7 Å². The van der Waals surface area contributed by atoms with Gasteiger partial charge in [0.2, 0.25) is 0 Å². The van der Waals surface area contributed by atoms with E-state index in [4.69, 9.17) is 9.47 Å². The summed E-state index contributed by atoms with van der Waals surface area (Å²) in [4.78, 5) is 14.8. The van der Waals surface area contributed by atoms with Crippen molar-refractivity contribution in [2.45, 2.75) is 32.5 Å². The highest BCUT2D eigenvalue weighted by Gasteiger charge is 2.24. The highest BCUT2D eigenvalue weighted by molar-refractivity contribution is 5.80. The number of benzene rings is 2. The number of carbonyl (C=O) groups is 1. The highest BCUT2D eigenvalue weighted by Crippen LogP contribution is 2.14. The van der Waals surface area contributed by atoms with E-state index in [1.165, 1.54) is 0 Å². The van der Waals surface area contributed by atoms with Crippen LogP contribution in [-0.2, 0) is 27.4 Å². The van der Waals surface area contributed by atoms with E-state index in [0.717, 1.165) is 11.1 Å². The van der Waals surface area contributed by atoms with Gasteiger partial charge in [0.05, 0.1) is 0 Å². The molecule has 0 bridgehead atoms. The first-order chi connectivity index (χ1) is 11.7. The molecule has 0 spiro atoms. The SMILES string of the molecule is CCC(OCOC)C(=O)N(Cc1ccccc1)Cc1ccccc1. The molecule has 1 unspecified atom stereocenters. The Morgan fingerprint density at radius 1 is 0.958 bits per heavy atom. The largest absolute Gasteiger partial charge is 0.359 e. The average Bonchev–Trinajstić information content (AvgIpc) is 2.63. The number of hydrogen-bond donors (Lipinski definition) is 0. The van der Waals surface area contributed by atoms with E-state index in [1.54, 1.807) is 7.11 Å². The Morgan fingerprint density at radius 3 is 1.88 bits per heavy atom. The minimum absolute atomic E-state index is 0.0118. The van der Waals surface area contributed by atoms with Crippen molar-refractivity contribution in [2.75, 3.05) is 13.9 Å². The molecular weight excluding hydrogens is 302 g/mol. The summed E-state index contributed by atoms with van der Waals surface area (Å²) in [7, 11) is 1.56. The summed E-state index contributed by atoms with van der Waals surface area (Å²) in [5.41, 5.74) is 2.20. The second-order valence-electron chi connectivity index (χ2n) is 5.64. The summed E-state index contributed by atoms with van der Waals surface area (Å²) < 4.78 is 10.5. The van der Waals surface area contributed by atoms with Crippen molar-refractivity contribution in [3.63, 3.8) is 0 Å². The molecule has 0 aliphatic carbocycles. The number of ether oxygens (including phenoxy) is 2. The molecule has 0 radical (unpaired) electrons. The molecular formula is C20H25NO3. The summed E-state index contributed by atoms with van der Waals surface area (Å²) in [6.45, 7) is 3.18. The van der Waals surface area contributed by atoms with Gasteiger partial charge in [0, 0.05) is 20.2 Å². The Hall–Kier alpha value is -2.17. The molecule has 2 aromatic rings. The molecule has 4 heteroatoms. The molecule has 1 atom stereocenters. The third kappa shape index (κ3) is 5.48. The molecule has 2 aromatic carbocycles. The minimum atomic E-state index is -0.489. The maximum absolute atomic E-state index is 12.9. The lowest BCUT2D eigenvalue weighted by Gasteiger charge is -2.27. The molecule has 4 nitrogen and oxygen atoms in total. The first-order valence-corrected chi connectivity index (χ1v) is 8.21. The van der Waals surface area contributed by atoms with Crippen molar-refractivity contribution in [3.05, 3.63) is 71.8 Å². The topological polar surface area (TPSA) is 38.8 Å². The van der Waals surface area contributed by atoms with Gasteiger partial charge in [0.25, 0.3) is 5.91 Å². The Morgan fingerprint density at radius 2 is 1.46 bits per heavy atom. The molecule has 24 heavy (non-hydrogen) atoms. The van der Waals surface area contributed by atoms with Gasteiger partial charge in [0.15, 0.2) is 0 Å². The first kappa shape index (κ1) is 18.2. The van der Waals surface area contributed by atoms with Gasteiger partial charge in [-0.15, -0.1) is 0 Å². The van der Waals surface area contributed by atoms with Crippen molar-refractivity contribution >= 4 is 5.91 Å². The highest BCUT2D eigenvalue weighted by atomic mass is 16.7. The van der Waals surface area contributed by atoms with Crippen molar-refractivity contribution in [1.29, 1.82) is 0 Å². The van der Waals surface area contributed by atoms with E-state index < -0.39 is 6.10 Å². The minimum Gasteiger partial charge on any atom is -0.359 e. The molecule has 0 fully saturated rings. The lowest BCUT2D eigenvalue weighted by Crippen LogP contribution is -2.39. The van der Waals surface area contributed by atoms with Gasteiger partial charge in [-0.05, 0) is 17.5 Å². The van der Waals surface area contributed by atoms with Gasteiger partial charge in [-0.1, -0.05) is 67.6 Å². The number of rotatable bonds is 9. The van der Waals surface area contributed by atoms with Gasteiger partial charge in [-0.25, -0.2) is 0 Å². The molecule has 0 aliphatic heterocycles. The summed E-state index contributed by atoms with van der Waals surface area (Å²) in [6, 6.07) is 20.0. The molecule has 0 heterocycles. The predicted molar refractivity (Wildman–Crippen MR) is 94.2 cm³/mol. The van der Waals surface area contributed by atoms with Crippen LogP contribution in [0.2, 0.25) is 0 Å². The van der Waals surface area contributed by atoms with Crippen LogP contribution in [0.4, 0.5) is 0 Å². The fourth-order valence-electron chi connectivity index (χ4n) is 2.54. The van der Waals surface area contributed by atoms with Crippen LogP contribution in [0.3, 0.4) is 0 Å². The number of hydrogen-bond acceptors (Lipinski definition) is 3. The lowest BCUT2D eigenvalue weighted by molar-refractivity contribution is -0.153. The third-order valence-corrected chi connectivity index (χ3v) is 3.78. The normalized spacial score (nSPS) is 11.9. The zero-order valence-electron chi connectivity index (χ0n) is 14.4. The Kier molecular flexibility index (Phi) is 7.46. The predicted octanol–water partition coefficient (Wildman–Crippen LogP) is 3.61. The van der Waals surface area contributed by atoms with Crippen molar-refractivity contribution in [1.82, 2.24) is 4.90 Å². The van der Waals surface area contributed by atoms with Crippen LogP contribution >= 0.6 is 0 Å². The van der Waals surface area contributed by atoms with Crippen molar-refractivity contribution < 1.29 is 14.3 Å². The molecule has 1 amide bonds. The summed E-state index contributed by atoms with van der Waals surface area (Å²) in [5, 5.41) is 0. The molecule has 0 saturated heterocycles. The van der Waals surface area contributed by atoms with Gasteiger partial charge in [0.1, 0.15) is 12.9 Å². The first-order valence-electron chi connectivity index (χ1n) is 8.21. The van der Waals surface area contributed by atoms with Gasteiger partial charge in [-0.2, -0.15) is 0 Å². The number of amides is 1. The summed E-state index contributed by atoms with van der Waals surface area (Å²) in [5.74, 6) is -0.0118. The molecule has 0 aromatic heterocycles. The third-order valence-electron chi connectivity index (χ3n) is 3.78. The molecule has 0 saturated carbocycles. The van der Waals surface area contributed by atoms with Gasteiger partial charge in [-0.3, -0.25) is 4.79 Å². The molecule has 0 aliphatic rings. The van der Waals surface area contributed by atoms with Crippen LogP contribution in [0.1, 0.15) is 24.5 Å². The standard InChI is InChI=1S/C20H25NO3/c1-3-19(24-16-23-2)20(22)21(14-17-10-6-4-7-11-17)15-18-12-8-5-9-13-18/h4-13,19H,3,14-16H2,1-2H3. The van der Waals surface area contributed by atoms with Crippen LogP contribution in [0.5, 0.6) is 0 Å². The van der Waals surface area contributed by atoms with Crippen LogP contribution in [0, 0.1) is 0 Å². The molecule has 128 valence electrons. The summed E-state index contributed by atoms with van der Waals surface area (Å²) in [6.07, 6.45) is 0.125. The number of nitrogens with zero attached hydrogens (tertiary/aromatic N) is 1. The molecule has 0 N–H and O–H groups in total. The van der Waals surface area contributed by atoms with Crippen LogP contribution in [-0.4, -0.2) is 30.8 Å². The fourth-order valence-corrected chi connectivity index (χ4v) is 2.54. The van der Waals surface area contributed by atoms with E-state index in [2.05, 4.69) is 0 Å². The maximum atomic E-state index is 12.9. The Bertz CT molecular complexity index is 559. The summed E-state index contributed by atoms with van der Waals surface area (Å²) >= 11 is 0. The Balaban J connectivity index is 2.15. The van der Waals surface area contributed by atoms with E-state index in [-0.39, 0.29) is 12.7 Å². The quantitative estimate of drug-likeness (QED) is 0.660. The molecule has 2 rings (SSSR count). The van der Waals surface area contributed by atoms with E-state index in [0.29, 0.717) is 19.5 Å². The monoisotopic (exact) mass is 327 g/mol. The number of methoxy groups -OCH3 is 1. The fraction of sp³-hybridized carbons (Fsp3) is 0.350. The van der Waals surface area contributed by atoms with Gasteiger partial charge >= 0.3 is 0 Å². The second kappa shape index (κ2) is 9.85. The van der Waals surface area contributed by atoms with Crippen molar-refractivity contribution in [3.8, 4) is 0 Å². The number of carbonyl (C=O) groups excluding carboxylic acids is 1. The second-order valence-corrected chi connectivity index (χ2v) is 5.64.